The molecule has 4 heterocycles. The number of aromatic nitrogens is 1. The van der Waals surface area contributed by atoms with E-state index in [-0.39, 0.29) is 0 Å². The molecule has 1 aliphatic rings. The molecule has 140 valence electrons. The van der Waals surface area contributed by atoms with Crippen LogP contribution in [0.2, 0.25) is 0 Å². The molecule has 0 atom stereocenters. The van der Waals surface area contributed by atoms with E-state index in [1.54, 1.807) is 41.0 Å². The number of benzene rings is 2. The maximum atomic E-state index is 11.0. The summed E-state index contributed by atoms with van der Waals surface area (Å²) in [6.07, 6.45) is 3.18. The Kier molecular flexibility index (Phi) is 5.43. The summed E-state index contributed by atoms with van der Waals surface area (Å²) in [5, 5.41) is 8.13. The predicted octanol–water partition coefficient (Wildman–Crippen LogP) is 6.58. The highest BCUT2D eigenvalue weighted by Crippen LogP contribution is 2.24. The Morgan fingerprint density at radius 1 is 0.714 bits per heavy atom. The lowest BCUT2D eigenvalue weighted by Gasteiger charge is -1.85. The van der Waals surface area contributed by atoms with E-state index in [9.17, 15) is 8.42 Å². The summed E-state index contributed by atoms with van der Waals surface area (Å²) in [5.74, 6) is 0. The summed E-state index contributed by atoms with van der Waals surface area (Å²) in [6, 6.07) is 22.6. The van der Waals surface area contributed by atoms with Crippen LogP contribution in [0, 0.1) is 0 Å². The van der Waals surface area contributed by atoms with Crippen LogP contribution in [0.25, 0.3) is 26.2 Å². The van der Waals surface area contributed by atoms with E-state index in [0.29, 0.717) is 10.6 Å². The smallest absolute Gasteiger partial charge is 0.201 e. The summed E-state index contributed by atoms with van der Waals surface area (Å²) in [5.41, 5.74) is 0.681. The lowest BCUT2D eigenvalue weighted by atomic mass is 10.3. The third kappa shape index (κ3) is 4.09. The van der Waals surface area contributed by atoms with Crippen LogP contribution in [0.1, 0.15) is 5.69 Å². The zero-order valence-corrected chi connectivity index (χ0v) is 17.2. The van der Waals surface area contributed by atoms with Crippen molar-refractivity contribution in [3.05, 3.63) is 94.8 Å². The number of sulfone groups is 1. The first-order chi connectivity index (χ1) is 13.6. The first-order valence-corrected chi connectivity index (χ1v) is 11.9. The van der Waals surface area contributed by atoms with Gasteiger partial charge >= 0.3 is 0 Å². The Hall–Kier alpha value is -2.67. The summed E-state index contributed by atoms with van der Waals surface area (Å²) in [4.78, 5) is 3.19. The van der Waals surface area contributed by atoms with Gasteiger partial charge in [0, 0.05) is 21.0 Å². The molecular weight excluding hydrogens is 406 g/mol. The molecule has 0 saturated heterocycles. The highest BCUT2D eigenvalue weighted by molar-refractivity contribution is 7.94. The topological polar surface area (TPSA) is 49.9 Å². The van der Waals surface area contributed by atoms with Gasteiger partial charge in [0.15, 0.2) is 0 Å². The Bertz CT molecular complexity index is 1210. The van der Waals surface area contributed by atoms with Gasteiger partial charge in [-0.05, 0) is 57.9 Å². The standard InChI is InChI=1S/2C8H6S.C6H5NO2S/c2*1-2-4-8-7(3-1)5-6-9-8;8-10(9)4-2-5-6(10)1-3-7-5/h2*1-6H;1-4,7H. The zero-order chi connectivity index (χ0) is 19.4. The molecule has 28 heavy (non-hydrogen) atoms. The van der Waals surface area contributed by atoms with E-state index in [4.69, 9.17) is 0 Å². The molecule has 3 aromatic heterocycles. The van der Waals surface area contributed by atoms with E-state index in [0.717, 1.165) is 0 Å². The third-order valence-electron chi connectivity index (χ3n) is 4.18. The van der Waals surface area contributed by atoms with Gasteiger partial charge in [0.05, 0.1) is 10.6 Å². The maximum Gasteiger partial charge on any atom is 0.201 e. The fraction of sp³-hybridized carbons (Fsp3) is 0. The second kappa shape index (κ2) is 8.14. The molecule has 0 aliphatic carbocycles. The van der Waals surface area contributed by atoms with Crippen LogP contribution >= 0.6 is 22.7 Å². The van der Waals surface area contributed by atoms with Crippen molar-refractivity contribution in [2.45, 2.75) is 4.90 Å². The van der Waals surface area contributed by atoms with Crippen LogP contribution in [0.15, 0.2) is 94.0 Å². The van der Waals surface area contributed by atoms with E-state index < -0.39 is 9.84 Å². The number of nitrogens with one attached hydrogen (secondary N) is 1. The number of rotatable bonds is 0. The van der Waals surface area contributed by atoms with Crippen LogP contribution in [-0.4, -0.2) is 13.4 Å². The second-order valence-electron chi connectivity index (χ2n) is 6.02. The molecule has 0 saturated carbocycles. The van der Waals surface area contributed by atoms with Crippen molar-refractivity contribution >= 4 is 58.8 Å². The van der Waals surface area contributed by atoms with Crippen molar-refractivity contribution in [1.29, 1.82) is 0 Å². The van der Waals surface area contributed by atoms with Gasteiger partial charge in [-0.3, -0.25) is 0 Å². The monoisotopic (exact) mass is 423 g/mol. The van der Waals surface area contributed by atoms with E-state index >= 15 is 0 Å². The van der Waals surface area contributed by atoms with Crippen molar-refractivity contribution in [1.82, 2.24) is 4.98 Å². The Labute approximate surface area is 171 Å². The summed E-state index contributed by atoms with van der Waals surface area (Å²) in [7, 11) is -3.07. The SMILES string of the molecule is O=S1(=O)C=Cc2[nH]ccc21.c1ccc2sccc2c1.c1ccc2sccc2c1. The Morgan fingerprint density at radius 2 is 1.29 bits per heavy atom. The molecule has 0 spiro atoms. The van der Waals surface area contributed by atoms with E-state index in [1.165, 1.54) is 25.6 Å². The van der Waals surface area contributed by atoms with Gasteiger partial charge in [-0.2, -0.15) is 0 Å². The van der Waals surface area contributed by atoms with Gasteiger partial charge in [-0.1, -0.05) is 36.4 Å². The van der Waals surface area contributed by atoms with Crippen LogP contribution in [0.4, 0.5) is 0 Å². The molecule has 0 radical (unpaired) electrons. The lowest BCUT2D eigenvalue weighted by Crippen LogP contribution is -1.89. The fourth-order valence-corrected chi connectivity index (χ4v) is 5.52. The van der Waals surface area contributed by atoms with Crippen molar-refractivity contribution in [3.8, 4) is 0 Å². The van der Waals surface area contributed by atoms with Crippen LogP contribution in [0.5, 0.6) is 0 Å². The van der Waals surface area contributed by atoms with Gasteiger partial charge in [-0.25, -0.2) is 8.42 Å². The van der Waals surface area contributed by atoms with Crippen LogP contribution < -0.4 is 0 Å². The minimum absolute atomic E-state index is 0.382. The van der Waals surface area contributed by atoms with E-state index in [1.807, 2.05) is 0 Å². The third-order valence-corrected chi connectivity index (χ3v) is 7.44. The molecule has 6 rings (SSSR count). The molecule has 0 unspecified atom stereocenters. The molecule has 2 aromatic carbocycles. The largest absolute Gasteiger partial charge is 0.361 e. The highest BCUT2D eigenvalue weighted by atomic mass is 32.2. The van der Waals surface area contributed by atoms with Gasteiger partial charge in [0.2, 0.25) is 9.84 Å². The highest BCUT2D eigenvalue weighted by Gasteiger charge is 2.20. The van der Waals surface area contributed by atoms with Crippen molar-refractivity contribution in [2.24, 2.45) is 0 Å². The van der Waals surface area contributed by atoms with Gasteiger partial charge < -0.3 is 4.98 Å². The maximum absolute atomic E-state index is 11.0. The fourth-order valence-electron chi connectivity index (χ4n) is 2.79. The minimum Gasteiger partial charge on any atom is -0.361 e. The van der Waals surface area contributed by atoms with Gasteiger partial charge in [0.1, 0.15) is 0 Å². The Balaban J connectivity index is 0.000000103. The minimum atomic E-state index is -3.07. The second-order valence-corrected chi connectivity index (χ2v) is 9.72. The number of H-pyrrole nitrogens is 1. The normalized spacial score (nSPS) is 13.4. The number of thiophene rings is 2. The molecule has 0 fully saturated rings. The number of hydrogen-bond donors (Lipinski definition) is 1. The first-order valence-electron chi connectivity index (χ1n) is 8.58. The lowest BCUT2D eigenvalue weighted by molar-refractivity contribution is 0.605. The molecule has 0 amide bonds. The zero-order valence-electron chi connectivity index (χ0n) is 14.8. The number of fused-ring (bicyclic) bond motifs is 3. The van der Waals surface area contributed by atoms with Gasteiger partial charge in [-0.15, -0.1) is 22.7 Å². The van der Waals surface area contributed by atoms with Crippen molar-refractivity contribution in [2.75, 3.05) is 0 Å². The number of aromatic amines is 1. The molecule has 5 aromatic rings. The quantitative estimate of drug-likeness (QED) is 0.306. The first kappa shape index (κ1) is 18.7. The average Bonchev–Trinajstić information content (AvgIpc) is 3.49. The van der Waals surface area contributed by atoms with Crippen LogP contribution in [0.3, 0.4) is 0 Å². The molecular formula is C22H17NO2S3. The molecule has 0 bridgehead atoms. The average molecular weight is 424 g/mol. The molecule has 3 nitrogen and oxygen atoms in total. The Morgan fingerprint density at radius 3 is 1.82 bits per heavy atom. The van der Waals surface area contributed by atoms with Crippen molar-refractivity contribution < 1.29 is 8.42 Å². The predicted molar refractivity (Wildman–Crippen MR) is 121 cm³/mol. The molecule has 1 N–H and O–H groups in total. The summed E-state index contributed by atoms with van der Waals surface area (Å²) in [6.45, 7) is 0. The van der Waals surface area contributed by atoms with E-state index in [2.05, 4.69) is 76.4 Å². The van der Waals surface area contributed by atoms with Gasteiger partial charge in [0.25, 0.3) is 0 Å². The number of hydrogen-bond acceptors (Lipinski definition) is 4. The molecule has 1 aliphatic heterocycles. The molecule has 6 heteroatoms. The van der Waals surface area contributed by atoms with Crippen molar-refractivity contribution in [3.63, 3.8) is 0 Å². The summed E-state index contributed by atoms with van der Waals surface area (Å²) < 4.78 is 24.8. The summed E-state index contributed by atoms with van der Waals surface area (Å²) >= 11 is 3.57. The van der Waals surface area contributed by atoms with Crippen LogP contribution in [-0.2, 0) is 9.84 Å².